The van der Waals surface area contributed by atoms with Crippen LogP contribution < -0.4 is 16.0 Å². The Kier molecular flexibility index (Phi) is 8.82. The van der Waals surface area contributed by atoms with E-state index < -0.39 is 5.41 Å². The molecule has 3 unspecified atom stereocenters. The first kappa shape index (κ1) is 36.5. The Morgan fingerprint density at radius 3 is 1.56 bits per heavy atom. The lowest BCUT2D eigenvalue weighted by molar-refractivity contribution is 0.203. The molecule has 1 aliphatic carbocycles. The third-order valence-corrected chi connectivity index (χ3v) is 13.2. The lowest BCUT2D eigenvalue weighted by Gasteiger charge is -2.39. The van der Waals surface area contributed by atoms with Gasteiger partial charge in [-0.1, -0.05) is 200 Å². The summed E-state index contributed by atoms with van der Waals surface area (Å²) in [5.74, 6) is 0. The van der Waals surface area contributed by atoms with Gasteiger partial charge in [0, 0.05) is 16.5 Å². The van der Waals surface area contributed by atoms with E-state index >= 15 is 0 Å². The van der Waals surface area contributed by atoms with E-state index in [2.05, 4.69) is 251 Å². The highest BCUT2D eigenvalue weighted by Gasteiger charge is 2.46. The second-order valence-electron chi connectivity index (χ2n) is 16.6. The predicted octanol–water partition coefficient (Wildman–Crippen LogP) is 13.0. The van der Waals surface area contributed by atoms with E-state index in [1.807, 2.05) is 0 Å². The Labute approximate surface area is 362 Å². The number of hydrogen-bond acceptors (Lipinski definition) is 3. The van der Waals surface area contributed by atoms with Crippen LogP contribution in [0.2, 0.25) is 0 Å². The Morgan fingerprint density at radius 1 is 0.339 bits per heavy atom. The van der Waals surface area contributed by atoms with E-state index in [0.717, 1.165) is 5.69 Å². The summed E-state index contributed by atoms with van der Waals surface area (Å²) in [5, 5.41) is 14.2. The molecular formula is C58H44N4. The molecular weight excluding hydrogens is 753 g/mol. The van der Waals surface area contributed by atoms with Crippen molar-refractivity contribution in [2.45, 2.75) is 23.9 Å². The third-order valence-electron chi connectivity index (χ3n) is 13.2. The highest BCUT2D eigenvalue weighted by Crippen LogP contribution is 2.57. The van der Waals surface area contributed by atoms with E-state index in [9.17, 15) is 0 Å². The smallest absolute Gasteiger partial charge is 0.0865 e. The molecule has 3 atom stereocenters. The van der Waals surface area contributed by atoms with Crippen molar-refractivity contribution in [2.24, 2.45) is 0 Å². The van der Waals surface area contributed by atoms with Crippen molar-refractivity contribution < 1.29 is 0 Å². The van der Waals surface area contributed by atoms with Gasteiger partial charge in [-0.05, 0) is 91.5 Å². The van der Waals surface area contributed by atoms with Gasteiger partial charge in [0.25, 0.3) is 0 Å². The molecule has 0 saturated carbocycles. The number of nitrogens with one attached hydrogen (secondary N) is 3. The highest BCUT2D eigenvalue weighted by molar-refractivity contribution is 6.12. The Balaban J connectivity index is 1.01. The number of hydrogen-bond donors (Lipinski definition) is 3. The number of nitrogens with zero attached hydrogens (tertiary/aromatic N) is 1. The molecule has 3 N–H and O–H groups in total. The van der Waals surface area contributed by atoms with Gasteiger partial charge < -0.3 is 4.57 Å². The minimum Gasteiger partial charge on any atom is -0.309 e. The van der Waals surface area contributed by atoms with Crippen LogP contribution in [0.15, 0.2) is 231 Å². The number of para-hydroxylation sites is 1. The van der Waals surface area contributed by atoms with Gasteiger partial charge in [-0.2, -0.15) is 0 Å². The van der Waals surface area contributed by atoms with Gasteiger partial charge in [-0.25, -0.2) is 0 Å². The normalized spacial score (nSPS) is 17.8. The van der Waals surface area contributed by atoms with E-state index in [1.165, 1.54) is 83.0 Å². The molecule has 2 aliphatic rings. The average Bonchev–Trinajstić information content (AvgIpc) is 3.84. The summed E-state index contributed by atoms with van der Waals surface area (Å²) in [6, 6.07) is 84.3. The van der Waals surface area contributed by atoms with Gasteiger partial charge in [-0.3, -0.25) is 16.0 Å². The minimum absolute atomic E-state index is 0.0774. The molecule has 62 heavy (non-hydrogen) atoms. The molecule has 0 radical (unpaired) electrons. The molecule has 1 fully saturated rings. The number of rotatable bonds is 7. The van der Waals surface area contributed by atoms with Crippen molar-refractivity contribution >= 4 is 21.8 Å². The zero-order valence-electron chi connectivity index (χ0n) is 34.1. The average molecular weight is 797 g/mol. The van der Waals surface area contributed by atoms with Crippen LogP contribution in [0.3, 0.4) is 0 Å². The molecule has 4 heteroatoms. The van der Waals surface area contributed by atoms with Gasteiger partial charge in [-0.15, -0.1) is 0 Å². The summed E-state index contributed by atoms with van der Waals surface area (Å²) in [6.07, 6.45) is -0.316. The maximum Gasteiger partial charge on any atom is 0.0865 e. The summed E-state index contributed by atoms with van der Waals surface area (Å²) < 4.78 is 2.48. The molecule has 9 aromatic carbocycles. The van der Waals surface area contributed by atoms with Gasteiger partial charge in [0.2, 0.25) is 0 Å². The fourth-order valence-corrected chi connectivity index (χ4v) is 10.4. The number of benzene rings is 9. The third kappa shape index (κ3) is 5.88. The van der Waals surface area contributed by atoms with Crippen molar-refractivity contribution in [3.63, 3.8) is 0 Å². The number of fused-ring (bicyclic) bond motifs is 6. The standard InChI is InChI=1S/C58H44N4/c1-5-18-39(19-6-1)40-32-34-42(35-33-40)56-59-55(41-20-7-2-8-21-41)60-57(61-56)43-22-17-27-46(36-43)62-53-31-16-14-29-48(53)50-37-49-47-28-13-15-30-51(47)58(52(49)38-54(50)62,44-23-9-3-10-24-44)45-25-11-4-12-26-45/h1-38,55-57,59-61H. The number of aromatic nitrogens is 1. The minimum atomic E-state index is -0.491. The summed E-state index contributed by atoms with van der Waals surface area (Å²) in [6.45, 7) is 0. The van der Waals surface area contributed by atoms with Crippen molar-refractivity contribution in [3.8, 4) is 27.9 Å². The van der Waals surface area contributed by atoms with E-state index in [4.69, 9.17) is 0 Å². The van der Waals surface area contributed by atoms with Crippen LogP contribution in [-0.4, -0.2) is 4.57 Å². The Morgan fingerprint density at radius 2 is 0.871 bits per heavy atom. The first-order valence-corrected chi connectivity index (χ1v) is 21.6. The summed E-state index contributed by atoms with van der Waals surface area (Å²) in [4.78, 5) is 0. The topological polar surface area (TPSA) is 41.0 Å². The molecule has 4 nitrogen and oxygen atoms in total. The van der Waals surface area contributed by atoms with E-state index in [1.54, 1.807) is 0 Å². The van der Waals surface area contributed by atoms with Crippen LogP contribution in [0.4, 0.5) is 0 Å². The monoisotopic (exact) mass is 796 g/mol. The molecule has 0 spiro atoms. The van der Waals surface area contributed by atoms with E-state index in [-0.39, 0.29) is 18.5 Å². The molecule has 2 heterocycles. The SMILES string of the molecule is c1ccc(-c2ccc(C3NC(c4ccccc4)NC(c4cccc(-n5c6ccccc6c6cc7c(cc65)C(c5ccccc5)(c5ccccc5)c5ccccc5-7)c4)N3)cc2)cc1. The molecule has 1 aromatic heterocycles. The van der Waals surface area contributed by atoms with Gasteiger partial charge in [0.1, 0.15) is 0 Å². The van der Waals surface area contributed by atoms with Gasteiger partial charge in [0.15, 0.2) is 0 Å². The molecule has 10 aromatic rings. The molecule has 12 rings (SSSR count). The van der Waals surface area contributed by atoms with Crippen LogP contribution in [0.1, 0.15) is 57.4 Å². The second kappa shape index (κ2) is 15.0. The Bertz CT molecular complexity index is 3170. The van der Waals surface area contributed by atoms with Crippen LogP contribution in [0.5, 0.6) is 0 Å². The fraction of sp³-hybridized carbons (Fsp3) is 0.0690. The van der Waals surface area contributed by atoms with Crippen molar-refractivity contribution in [3.05, 3.63) is 269 Å². The summed E-state index contributed by atoms with van der Waals surface area (Å²) in [5.41, 5.74) is 16.7. The largest absolute Gasteiger partial charge is 0.309 e. The zero-order chi connectivity index (χ0) is 41.0. The predicted molar refractivity (Wildman–Crippen MR) is 254 cm³/mol. The van der Waals surface area contributed by atoms with Gasteiger partial charge in [0.05, 0.1) is 34.9 Å². The molecule has 1 aliphatic heterocycles. The Hall–Kier alpha value is -7.34. The first-order valence-electron chi connectivity index (χ1n) is 21.6. The molecule has 0 amide bonds. The van der Waals surface area contributed by atoms with E-state index in [0.29, 0.717) is 0 Å². The van der Waals surface area contributed by atoms with Crippen LogP contribution >= 0.6 is 0 Å². The lowest BCUT2D eigenvalue weighted by Crippen LogP contribution is -2.54. The molecule has 296 valence electrons. The fourth-order valence-electron chi connectivity index (χ4n) is 10.4. The van der Waals surface area contributed by atoms with Crippen LogP contribution in [-0.2, 0) is 5.41 Å². The molecule has 1 saturated heterocycles. The molecule has 0 bridgehead atoms. The lowest BCUT2D eigenvalue weighted by atomic mass is 9.67. The summed E-state index contributed by atoms with van der Waals surface area (Å²) in [7, 11) is 0. The van der Waals surface area contributed by atoms with Crippen LogP contribution in [0.25, 0.3) is 49.7 Å². The van der Waals surface area contributed by atoms with Crippen LogP contribution in [0, 0.1) is 0 Å². The maximum absolute atomic E-state index is 3.95. The van der Waals surface area contributed by atoms with Crippen molar-refractivity contribution in [1.29, 1.82) is 0 Å². The van der Waals surface area contributed by atoms with Crippen molar-refractivity contribution in [2.75, 3.05) is 0 Å². The van der Waals surface area contributed by atoms with Gasteiger partial charge >= 0.3 is 0 Å². The summed E-state index contributed by atoms with van der Waals surface area (Å²) >= 11 is 0. The quantitative estimate of drug-likeness (QED) is 0.150. The second-order valence-corrected chi connectivity index (χ2v) is 16.6. The van der Waals surface area contributed by atoms with Crippen molar-refractivity contribution in [1.82, 2.24) is 20.5 Å². The first-order chi connectivity index (χ1) is 30.7. The zero-order valence-corrected chi connectivity index (χ0v) is 34.1. The highest BCUT2D eigenvalue weighted by atomic mass is 15.4. The maximum atomic E-state index is 3.95.